The first kappa shape index (κ1) is 21.3. The van der Waals surface area contributed by atoms with Crippen molar-refractivity contribution in [2.75, 3.05) is 26.2 Å². The number of halogens is 1. The van der Waals surface area contributed by atoms with Crippen molar-refractivity contribution in [2.24, 2.45) is 5.73 Å². The van der Waals surface area contributed by atoms with Crippen molar-refractivity contribution in [3.63, 3.8) is 0 Å². The quantitative estimate of drug-likeness (QED) is 0.760. The highest BCUT2D eigenvalue weighted by molar-refractivity contribution is 6.30. The van der Waals surface area contributed by atoms with Crippen molar-refractivity contribution < 1.29 is 4.79 Å². The van der Waals surface area contributed by atoms with Gasteiger partial charge >= 0.3 is 0 Å². The van der Waals surface area contributed by atoms with Gasteiger partial charge in [-0.05, 0) is 37.0 Å². The lowest BCUT2D eigenvalue weighted by atomic mass is 9.79. The molecular formula is C22H31ClN6O. The zero-order valence-electron chi connectivity index (χ0n) is 17.4. The summed E-state index contributed by atoms with van der Waals surface area (Å²) in [4.78, 5) is 21.6. The van der Waals surface area contributed by atoms with E-state index in [1.807, 2.05) is 40.2 Å². The van der Waals surface area contributed by atoms with Gasteiger partial charge in [-0.1, -0.05) is 43.0 Å². The molecule has 2 fully saturated rings. The van der Waals surface area contributed by atoms with Gasteiger partial charge in [0.1, 0.15) is 12.7 Å². The first-order valence-electron chi connectivity index (χ1n) is 10.9. The van der Waals surface area contributed by atoms with Crippen molar-refractivity contribution >= 4 is 17.5 Å². The third-order valence-electron chi connectivity index (χ3n) is 6.66. The van der Waals surface area contributed by atoms with E-state index in [1.54, 1.807) is 6.33 Å². The largest absolute Gasteiger partial charge is 0.339 e. The smallest absolute Gasteiger partial charge is 0.239 e. The van der Waals surface area contributed by atoms with Crippen LogP contribution < -0.4 is 5.73 Å². The molecule has 0 radical (unpaired) electrons. The average molecular weight is 431 g/mol. The topological polar surface area (TPSA) is 80.3 Å². The van der Waals surface area contributed by atoms with E-state index in [0.717, 1.165) is 38.3 Å². The summed E-state index contributed by atoms with van der Waals surface area (Å²) in [5.74, 6) is 0.0403. The summed E-state index contributed by atoms with van der Waals surface area (Å²) >= 11 is 5.95. The maximum atomic E-state index is 12.9. The van der Waals surface area contributed by atoms with Crippen LogP contribution >= 0.6 is 11.6 Å². The lowest BCUT2D eigenvalue weighted by Crippen LogP contribution is -2.61. The molecule has 4 rings (SSSR count). The number of nitrogens with zero attached hydrogens (tertiary/aromatic N) is 5. The van der Waals surface area contributed by atoms with E-state index in [9.17, 15) is 4.79 Å². The number of rotatable bonds is 6. The summed E-state index contributed by atoms with van der Waals surface area (Å²) in [6.45, 7) is 4.09. The van der Waals surface area contributed by atoms with Gasteiger partial charge in [-0.15, -0.1) is 0 Å². The molecule has 0 bridgehead atoms. The van der Waals surface area contributed by atoms with Crippen LogP contribution in [0, 0.1) is 0 Å². The minimum Gasteiger partial charge on any atom is -0.339 e. The maximum Gasteiger partial charge on any atom is 0.239 e. The third-order valence-corrected chi connectivity index (χ3v) is 6.91. The Bertz CT molecular complexity index is 811. The molecule has 2 aliphatic rings. The molecule has 8 heteroatoms. The van der Waals surface area contributed by atoms with Crippen molar-refractivity contribution in [3.05, 3.63) is 47.5 Å². The molecule has 2 heterocycles. The Morgan fingerprint density at radius 2 is 1.80 bits per heavy atom. The molecule has 1 saturated carbocycles. The number of carbonyl (C=O) groups excluding carboxylic acids is 1. The van der Waals surface area contributed by atoms with Crippen LogP contribution in [0.15, 0.2) is 36.9 Å². The normalized spacial score (nSPS) is 20.8. The van der Waals surface area contributed by atoms with E-state index < -0.39 is 6.04 Å². The molecule has 7 nitrogen and oxygen atoms in total. The molecule has 1 saturated heterocycles. The average Bonchev–Trinajstić information content (AvgIpc) is 3.28. The van der Waals surface area contributed by atoms with Crippen LogP contribution in [0.5, 0.6) is 0 Å². The summed E-state index contributed by atoms with van der Waals surface area (Å²) < 4.78 is 1.96. The van der Waals surface area contributed by atoms with Gasteiger partial charge in [0, 0.05) is 36.7 Å². The lowest BCUT2D eigenvalue weighted by Gasteiger charge is -2.50. The van der Waals surface area contributed by atoms with E-state index >= 15 is 0 Å². The molecule has 30 heavy (non-hydrogen) atoms. The lowest BCUT2D eigenvalue weighted by molar-refractivity contribution is -0.136. The minimum absolute atomic E-state index is 0.0403. The van der Waals surface area contributed by atoms with Crippen LogP contribution in [-0.2, 0) is 17.8 Å². The molecule has 162 valence electrons. The van der Waals surface area contributed by atoms with E-state index in [1.165, 1.54) is 32.1 Å². The minimum atomic E-state index is -0.517. The Hall–Kier alpha value is -1.96. The summed E-state index contributed by atoms with van der Waals surface area (Å²) in [6, 6.07) is 7.03. The number of aromatic nitrogens is 3. The van der Waals surface area contributed by atoms with Gasteiger partial charge in [0.25, 0.3) is 0 Å². The molecule has 1 amide bonds. The number of hydrogen-bond acceptors (Lipinski definition) is 5. The van der Waals surface area contributed by atoms with Crippen molar-refractivity contribution in [1.82, 2.24) is 24.6 Å². The number of benzene rings is 1. The highest BCUT2D eigenvalue weighted by atomic mass is 35.5. The van der Waals surface area contributed by atoms with Crippen LogP contribution in [-0.4, -0.2) is 68.2 Å². The van der Waals surface area contributed by atoms with Crippen LogP contribution in [0.1, 0.15) is 37.7 Å². The maximum absolute atomic E-state index is 12.9. The SMILES string of the molecule is N[C@H](Cc1ccc(Cl)cc1)C(=O)N1CCN(C2(Cn3cncn3)CCCCC2)CC1. The van der Waals surface area contributed by atoms with Crippen molar-refractivity contribution in [3.8, 4) is 0 Å². The first-order valence-corrected chi connectivity index (χ1v) is 11.3. The fourth-order valence-electron chi connectivity index (χ4n) is 5.00. The number of nitrogens with two attached hydrogens (primary N) is 1. The van der Waals surface area contributed by atoms with E-state index in [4.69, 9.17) is 17.3 Å². The second-order valence-electron chi connectivity index (χ2n) is 8.63. The predicted octanol–water partition coefficient (Wildman–Crippen LogP) is 2.35. The van der Waals surface area contributed by atoms with Crippen molar-refractivity contribution in [1.29, 1.82) is 0 Å². The first-order chi connectivity index (χ1) is 14.6. The van der Waals surface area contributed by atoms with Gasteiger partial charge < -0.3 is 10.6 Å². The molecule has 1 atom stereocenters. The fraction of sp³-hybridized carbons (Fsp3) is 0.591. The molecule has 1 aliphatic carbocycles. The zero-order valence-corrected chi connectivity index (χ0v) is 18.2. The summed E-state index contributed by atoms with van der Waals surface area (Å²) in [5, 5.41) is 5.04. The van der Waals surface area contributed by atoms with Gasteiger partial charge in [-0.2, -0.15) is 5.10 Å². The molecule has 1 aliphatic heterocycles. The van der Waals surface area contributed by atoms with Crippen molar-refractivity contribution in [2.45, 2.75) is 56.7 Å². The monoisotopic (exact) mass is 430 g/mol. The summed E-state index contributed by atoms with van der Waals surface area (Å²) in [5.41, 5.74) is 7.41. The zero-order chi connectivity index (χ0) is 21.0. The van der Waals surface area contributed by atoms with E-state index in [0.29, 0.717) is 11.4 Å². The Morgan fingerprint density at radius 3 is 2.43 bits per heavy atom. The van der Waals surface area contributed by atoms with Gasteiger partial charge in [-0.3, -0.25) is 14.4 Å². The number of hydrogen-bond donors (Lipinski definition) is 1. The number of amides is 1. The molecule has 2 aromatic rings. The second-order valence-corrected chi connectivity index (χ2v) is 9.06. The van der Waals surface area contributed by atoms with Crippen LogP contribution in [0.3, 0.4) is 0 Å². The van der Waals surface area contributed by atoms with Gasteiger partial charge in [0.15, 0.2) is 0 Å². The van der Waals surface area contributed by atoms with Crippen LogP contribution in [0.2, 0.25) is 5.02 Å². The van der Waals surface area contributed by atoms with Gasteiger partial charge in [0.05, 0.1) is 12.6 Å². The number of piperazine rings is 1. The molecule has 0 unspecified atom stereocenters. The Labute approximate surface area is 183 Å². The van der Waals surface area contributed by atoms with Crippen LogP contribution in [0.4, 0.5) is 0 Å². The second kappa shape index (κ2) is 9.45. The summed E-state index contributed by atoms with van der Waals surface area (Å²) in [6.07, 6.45) is 10.1. The van der Waals surface area contributed by atoms with Crippen LogP contribution in [0.25, 0.3) is 0 Å². The van der Waals surface area contributed by atoms with E-state index in [2.05, 4.69) is 15.0 Å². The highest BCUT2D eigenvalue weighted by Gasteiger charge is 2.40. The summed E-state index contributed by atoms with van der Waals surface area (Å²) in [7, 11) is 0. The molecule has 1 aromatic carbocycles. The Balaban J connectivity index is 1.35. The number of carbonyl (C=O) groups is 1. The third kappa shape index (κ3) is 4.85. The fourth-order valence-corrected chi connectivity index (χ4v) is 5.12. The standard InChI is InChI=1S/C22H31ClN6O/c23-19-6-4-18(5-7-19)14-20(24)21(30)27-10-12-28(13-11-27)22(8-2-1-3-9-22)15-29-17-25-16-26-29/h4-7,16-17,20H,1-3,8-15,24H2/t20-/m1/s1. The Kier molecular flexibility index (Phi) is 6.71. The molecular weight excluding hydrogens is 400 g/mol. The molecule has 2 N–H and O–H groups in total. The Morgan fingerprint density at radius 1 is 1.10 bits per heavy atom. The predicted molar refractivity (Wildman–Crippen MR) is 117 cm³/mol. The van der Waals surface area contributed by atoms with Gasteiger partial charge in [-0.25, -0.2) is 4.98 Å². The van der Waals surface area contributed by atoms with Gasteiger partial charge in [0.2, 0.25) is 5.91 Å². The molecule has 0 spiro atoms. The molecule has 1 aromatic heterocycles. The highest BCUT2D eigenvalue weighted by Crippen LogP contribution is 2.35. The van der Waals surface area contributed by atoms with E-state index in [-0.39, 0.29) is 11.4 Å².